The van der Waals surface area contributed by atoms with Gasteiger partial charge in [0, 0.05) is 18.0 Å². The number of fused-ring (bicyclic) bond motifs is 3. The van der Waals surface area contributed by atoms with Crippen LogP contribution in [0.1, 0.15) is 35.5 Å². The minimum absolute atomic E-state index is 0.0767. The predicted octanol–water partition coefficient (Wildman–Crippen LogP) is 3.51. The molecule has 0 spiro atoms. The van der Waals surface area contributed by atoms with Crippen molar-refractivity contribution in [3.8, 4) is 0 Å². The fourth-order valence-electron chi connectivity index (χ4n) is 3.91. The molecule has 4 rings (SSSR count). The number of nitrogens with one attached hydrogen (secondary N) is 1. The average molecular weight is 432 g/mol. The van der Waals surface area contributed by atoms with Crippen LogP contribution in [0.3, 0.4) is 0 Å². The second-order valence-electron chi connectivity index (χ2n) is 7.26. The van der Waals surface area contributed by atoms with E-state index in [1.807, 2.05) is 0 Å². The van der Waals surface area contributed by atoms with E-state index >= 15 is 0 Å². The molecule has 1 atom stereocenters. The number of thiophene rings is 1. The summed E-state index contributed by atoms with van der Waals surface area (Å²) in [6, 6.07) is 0. The Kier molecular flexibility index (Phi) is 5.43. The molecular formula is C18H20F3N3O2S2. The van der Waals surface area contributed by atoms with E-state index in [0.29, 0.717) is 29.9 Å². The summed E-state index contributed by atoms with van der Waals surface area (Å²) >= 11 is 2.82. The number of aromatic nitrogens is 2. The number of piperidine rings is 1. The number of hydrogen-bond acceptors (Lipinski definition) is 5. The fraction of sp³-hybridized carbons (Fsp3) is 0.611. The first-order valence-corrected chi connectivity index (χ1v) is 11.3. The Morgan fingerprint density at radius 1 is 1.32 bits per heavy atom. The molecule has 1 fully saturated rings. The van der Waals surface area contributed by atoms with Gasteiger partial charge in [-0.05, 0) is 37.7 Å². The van der Waals surface area contributed by atoms with Crippen LogP contribution in [0.5, 0.6) is 0 Å². The summed E-state index contributed by atoms with van der Waals surface area (Å²) in [5, 5.41) is 0.689. The molecule has 152 valence electrons. The Hall–Kier alpha value is -1.55. The highest BCUT2D eigenvalue weighted by molar-refractivity contribution is 7.99. The third-order valence-corrected chi connectivity index (χ3v) is 7.44. The molecular weight excluding hydrogens is 411 g/mol. The lowest BCUT2D eigenvalue weighted by molar-refractivity contribution is -0.187. The molecule has 2 aliphatic rings. The lowest BCUT2D eigenvalue weighted by atomic mass is 9.97. The number of carbonyl (C=O) groups is 1. The van der Waals surface area contributed by atoms with E-state index in [1.54, 1.807) is 11.3 Å². The van der Waals surface area contributed by atoms with Crippen molar-refractivity contribution in [1.82, 2.24) is 14.9 Å². The average Bonchev–Trinajstić information content (AvgIpc) is 3.21. The van der Waals surface area contributed by atoms with Crippen molar-refractivity contribution in [2.75, 3.05) is 18.8 Å². The quantitative estimate of drug-likeness (QED) is 0.805. The molecule has 28 heavy (non-hydrogen) atoms. The first kappa shape index (κ1) is 19.8. The van der Waals surface area contributed by atoms with E-state index < -0.39 is 12.1 Å². The van der Waals surface area contributed by atoms with Crippen LogP contribution in [0.15, 0.2) is 4.79 Å². The summed E-state index contributed by atoms with van der Waals surface area (Å²) < 4.78 is 38.7. The zero-order valence-corrected chi connectivity index (χ0v) is 16.7. The van der Waals surface area contributed by atoms with Gasteiger partial charge in [-0.1, -0.05) is 0 Å². The van der Waals surface area contributed by atoms with E-state index in [9.17, 15) is 22.8 Å². The van der Waals surface area contributed by atoms with Crippen molar-refractivity contribution in [1.29, 1.82) is 0 Å². The van der Waals surface area contributed by atoms with Crippen molar-refractivity contribution in [2.45, 2.75) is 44.0 Å². The Balaban J connectivity index is 1.36. The van der Waals surface area contributed by atoms with Crippen LogP contribution in [0, 0.1) is 5.92 Å². The second-order valence-corrected chi connectivity index (χ2v) is 9.33. The molecule has 0 radical (unpaired) electrons. The van der Waals surface area contributed by atoms with E-state index in [-0.39, 0.29) is 30.2 Å². The normalized spacial score (nSPS) is 20.0. The smallest absolute Gasteiger partial charge is 0.341 e. The Morgan fingerprint density at radius 3 is 2.93 bits per heavy atom. The summed E-state index contributed by atoms with van der Waals surface area (Å²) in [6.07, 6.45) is -0.833. The fourth-order valence-corrected chi connectivity index (χ4v) is 5.98. The topological polar surface area (TPSA) is 66.1 Å². The molecule has 1 saturated heterocycles. The van der Waals surface area contributed by atoms with Crippen molar-refractivity contribution in [2.24, 2.45) is 5.92 Å². The van der Waals surface area contributed by atoms with Gasteiger partial charge in [0.15, 0.2) is 0 Å². The van der Waals surface area contributed by atoms with E-state index in [4.69, 9.17) is 0 Å². The molecule has 1 unspecified atom stereocenters. The zero-order valence-electron chi connectivity index (χ0n) is 15.1. The van der Waals surface area contributed by atoms with Gasteiger partial charge in [0.05, 0.1) is 22.8 Å². The number of amides is 1. The number of aryl methyl sites for hydroxylation is 2. The summed E-state index contributed by atoms with van der Waals surface area (Å²) in [6.45, 7) is 0.110. The van der Waals surface area contributed by atoms with Gasteiger partial charge >= 0.3 is 6.18 Å². The van der Waals surface area contributed by atoms with Gasteiger partial charge < -0.3 is 9.88 Å². The van der Waals surface area contributed by atoms with Gasteiger partial charge in [0.25, 0.3) is 5.56 Å². The molecule has 2 aromatic heterocycles. The number of H-pyrrole nitrogens is 1. The van der Waals surface area contributed by atoms with Gasteiger partial charge in [0.1, 0.15) is 10.7 Å². The molecule has 5 nitrogen and oxygen atoms in total. The monoisotopic (exact) mass is 431 g/mol. The molecule has 1 aliphatic carbocycles. The standard InChI is InChI=1S/C18H20F3N3O2S2/c19-18(20,21)10-3-2-6-24(7-10)14(25)9-27-8-13-22-16(26)15-11-4-1-5-12(11)28-17(15)23-13/h10H,1-9H2,(H,22,23,26). The van der Waals surface area contributed by atoms with Crippen LogP contribution in [0.4, 0.5) is 13.2 Å². The molecule has 0 saturated carbocycles. The highest BCUT2D eigenvalue weighted by atomic mass is 32.2. The summed E-state index contributed by atoms with van der Waals surface area (Å²) in [7, 11) is 0. The molecule has 2 aromatic rings. The number of carbonyl (C=O) groups excluding carboxylic acids is 1. The Morgan fingerprint density at radius 2 is 2.14 bits per heavy atom. The predicted molar refractivity (Wildman–Crippen MR) is 104 cm³/mol. The maximum Gasteiger partial charge on any atom is 0.393 e. The maximum atomic E-state index is 12.9. The van der Waals surface area contributed by atoms with Gasteiger partial charge in [-0.25, -0.2) is 4.98 Å². The minimum atomic E-state index is -4.26. The van der Waals surface area contributed by atoms with Crippen LogP contribution in [-0.2, 0) is 23.4 Å². The largest absolute Gasteiger partial charge is 0.393 e. The van der Waals surface area contributed by atoms with Crippen LogP contribution in [-0.4, -0.2) is 45.8 Å². The van der Waals surface area contributed by atoms with Crippen molar-refractivity contribution >= 4 is 39.2 Å². The molecule has 3 heterocycles. The zero-order chi connectivity index (χ0) is 19.9. The van der Waals surface area contributed by atoms with Crippen LogP contribution in [0.2, 0.25) is 0 Å². The van der Waals surface area contributed by atoms with Gasteiger partial charge in [-0.2, -0.15) is 13.2 Å². The third-order valence-electron chi connectivity index (χ3n) is 5.33. The lowest BCUT2D eigenvalue weighted by Gasteiger charge is -2.33. The minimum Gasteiger partial charge on any atom is -0.341 e. The Labute approximate surface area is 167 Å². The molecule has 0 aromatic carbocycles. The molecule has 1 N–H and O–H groups in total. The van der Waals surface area contributed by atoms with Gasteiger partial charge in [-0.15, -0.1) is 23.1 Å². The van der Waals surface area contributed by atoms with Crippen molar-refractivity contribution < 1.29 is 18.0 Å². The SMILES string of the molecule is O=C(CSCc1nc2sc3c(c2c(=O)[nH]1)CCC3)N1CCCC(C(F)(F)F)C1. The number of hydrogen-bond donors (Lipinski definition) is 1. The van der Waals surface area contributed by atoms with Crippen molar-refractivity contribution in [3.05, 3.63) is 26.6 Å². The number of rotatable bonds is 4. The van der Waals surface area contributed by atoms with Gasteiger partial charge in [0.2, 0.25) is 5.91 Å². The van der Waals surface area contributed by atoms with E-state index in [0.717, 1.165) is 29.7 Å². The number of nitrogens with zero attached hydrogens (tertiary/aromatic N) is 2. The van der Waals surface area contributed by atoms with Crippen molar-refractivity contribution in [3.63, 3.8) is 0 Å². The van der Waals surface area contributed by atoms with Gasteiger partial charge in [-0.3, -0.25) is 9.59 Å². The van der Waals surface area contributed by atoms with E-state index in [1.165, 1.54) is 21.5 Å². The number of likely N-dealkylation sites (tertiary alicyclic amines) is 1. The first-order valence-electron chi connectivity index (χ1n) is 9.28. The second kappa shape index (κ2) is 7.70. The van der Waals surface area contributed by atoms with E-state index in [2.05, 4.69) is 9.97 Å². The maximum absolute atomic E-state index is 12.9. The summed E-state index contributed by atoms with van der Waals surface area (Å²) in [5.74, 6) is -0.806. The van der Waals surface area contributed by atoms with Crippen LogP contribution >= 0.6 is 23.1 Å². The Bertz CT molecular complexity index is 954. The lowest BCUT2D eigenvalue weighted by Crippen LogP contribution is -2.45. The summed E-state index contributed by atoms with van der Waals surface area (Å²) in [4.78, 5) is 35.3. The molecule has 10 heteroatoms. The third kappa shape index (κ3) is 3.94. The summed E-state index contributed by atoms with van der Waals surface area (Å²) in [5.41, 5.74) is 0.975. The number of thioether (sulfide) groups is 1. The van der Waals surface area contributed by atoms with Crippen LogP contribution < -0.4 is 5.56 Å². The molecule has 1 amide bonds. The number of aromatic amines is 1. The first-order chi connectivity index (χ1) is 13.3. The molecule has 1 aliphatic heterocycles. The molecule has 0 bridgehead atoms. The van der Waals surface area contributed by atoms with Crippen LogP contribution in [0.25, 0.3) is 10.2 Å². The number of alkyl halides is 3. The highest BCUT2D eigenvalue weighted by Gasteiger charge is 2.42. The number of halogens is 3. The highest BCUT2D eigenvalue weighted by Crippen LogP contribution is 2.35.